The Morgan fingerprint density at radius 1 is 0.674 bits per heavy atom. The molecule has 2 fully saturated rings. The van der Waals surface area contributed by atoms with Crippen molar-refractivity contribution in [3.8, 4) is 0 Å². The Morgan fingerprint density at radius 2 is 1.07 bits per heavy atom. The van der Waals surface area contributed by atoms with Crippen molar-refractivity contribution < 1.29 is 36.6 Å². The van der Waals surface area contributed by atoms with Crippen LogP contribution in [0.1, 0.15) is 26.7 Å². The van der Waals surface area contributed by atoms with E-state index in [0.717, 1.165) is 12.2 Å². The number of hydrogen-bond acceptors (Lipinski definition) is 6. The van der Waals surface area contributed by atoms with Gasteiger partial charge in [-0.3, -0.25) is 9.80 Å². The quantitative estimate of drug-likeness (QED) is 0.131. The molecule has 4 aromatic rings. The van der Waals surface area contributed by atoms with E-state index in [2.05, 4.69) is 9.80 Å². The van der Waals surface area contributed by atoms with Gasteiger partial charge in [0, 0.05) is 113 Å². The fourth-order valence-corrected chi connectivity index (χ4v) is 6.55. The Hall–Kier alpha value is -4.16. The minimum absolute atomic E-state index is 0.498. The first-order chi connectivity index (χ1) is 21.9. The maximum Gasteiger partial charge on any atom is 0.331 e. The third kappa shape index (κ3) is 6.97. The van der Waals surface area contributed by atoms with Gasteiger partial charge in [-0.15, -0.1) is 0 Å². The summed E-state index contributed by atoms with van der Waals surface area (Å²) in [6.07, 6.45) is 7.00. The largest absolute Gasteiger partial charge is 0.455 e. The summed E-state index contributed by atoms with van der Waals surface area (Å²) in [5, 5.41) is 1.26. The van der Waals surface area contributed by atoms with Gasteiger partial charge in [0.05, 0.1) is 11.0 Å². The van der Waals surface area contributed by atoms with Crippen LogP contribution in [0.15, 0.2) is 60.9 Å². The number of likely N-dealkylation sites (tertiary alicyclic amines) is 2. The minimum Gasteiger partial charge on any atom is -0.455 e. The predicted octanol–water partition coefficient (Wildman–Crippen LogP) is 5.42. The molecule has 8 nitrogen and oxygen atoms in total. The van der Waals surface area contributed by atoms with Crippen LogP contribution in [0, 0.1) is 23.3 Å². The van der Waals surface area contributed by atoms with E-state index in [1.54, 1.807) is 24.5 Å². The van der Waals surface area contributed by atoms with Gasteiger partial charge in [-0.2, -0.15) is 0 Å². The normalized spacial score (nSPS) is 22.5. The summed E-state index contributed by atoms with van der Waals surface area (Å²) in [6.45, 7) is 8.47. The highest BCUT2D eigenvalue weighted by atomic mass is 19.2. The molecule has 244 valence electrons. The second-order valence-electron chi connectivity index (χ2n) is 12.8. The van der Waals surface area contributed by atoms with E-state index < -0.39 is 46.4 Å². The van der Waals surface area contributed by atoms with Gasteiger partial charge < -0.3 is 18.6 Å². The van der Waals surface area contributed by atoms with Crippen LogP contribution in [0.5, 0.6) is 0 Å². The third-order valence-corrected chi connectivity index (χ3v) is 9.02. The third-order valence-electron chi connectivity index (χ3n) is 9.02. The van der Waals surface area contributed by atoms with Crippen LogP contribution in [0.2, 0.25) is 0 Å². The fraction of sp³-hybridized carbons (Fsp3) is 0.412. The zero-order chi connectivity index (χ0) is 32.6. The molecular formula is C34H36F4N4O4. The van der Waals surface area contributed by atoms with Crippen molar-refractivity contribution >= 4 is 33.7 Å². The average Bonchev–Trinajstić information content (AvgIpc) is 3.77. The first-order valence-electron chi connectivity index (χ1n) is 15.4. The molecule has 12 heteroatoms. The molecule has 0 bridgehead atoms. The van der Waals surface area contributed by atoms with Crippen LogP contribution in [-0.4, -0.2) is 81.3 Å². The average molecular weight is 641 g/mol. The number of rotatable bonds is 10. The first-order valence-corrected chi connectivity index (χ1v) is 15.4. The molecule has 2 atom stereocenters. The molecule has 0 radical (unpaired) electrons. The molecule has 0 amide bonds. The summed E-state index contributed by atoms with van der Waals surface area (Å²) in [6, 6.07) is 8.25. The molecule has 2 aromatic heterocycles. The number of esters is 2. The number of halogens is 4. The summed E-state index contributed by atoms with van der Waals surface area (Å²) in [7, 11) is 0. The lowest BCUT2D eigenvalue weighted by molar-refractivity contribution is -0.153. The van der Waals surface area contributed by atoms with E-state index >= 15 is 0 Å². The number of nitrogens with zero attached hydrogens (tertiary/aromatic N) is 4. The van der Waals surface area contributed by atoms with Gasteiger partial charge in [0.15, 0.2) is 23.3 Å². The second kappa shape index (κ2) is 12.6. The molecule has 0 saturated carbocycles. The van der Waals surface area contributed by atoms with Gasteiger partial charge in [-0.25, -0.2) is 27.2 Å². The van der Waals surface area contributed by atoms with Crippen molar-refractivity contribution in [3.63, 3.8) is 0 Å². The number of carbonyl (C=O) groups excluding carboxylic acids is 2. The lowest BCUT2D eigenvalue weighted by Crippen LogP contribution is -2.36. The van der Waals surface area contributed by atoms with Gasteiger partial charge in [-0.05, 0) is 38.1 Å². The lowest BCUT2D eigenvalue weighted by Gasteiger charge is -2.25. The molecule has 2 aliphatic heterocycles. The highest BCUT2D eigenvalue weighted by Gasteiger charge is 2.38. The van der Waals surface area contributed by atoms with E-state index in [-0.39, 0.29) is 0 Å². The summed E-state index contributed by atoms with van der Waals surface area (Å²) in [5.74, 6) is -4.80. The van der Waals surface area contributed by atoms with Gasteiger partial charge in [0.25, 0.3) is 0 Å². The molecule has 46 heavy (non-hydrogen) atoms. The van der Waals surface area contributed by atoms with Crippen LogP contribution < -0.4 is 0 Å². The van der Waals surface area contributed by atoms with Crippen molar-refractivity contribution in [2.24, 2.45) is 0 Å². The lowest BCUT2D eigenvalue weighted by atomic mass is 10.1. The van der Waals surface area contributed by atoms with E-state index in [9.17, 15) is 27.2 Å². The second-order valence-corrected chi connectivity index (χ2v) is 12.8. The fourth-order valence-electron chi connectivity index (χ4n) is 6.55. The zero-order valence-electron chi connectivity index (χ0n) is 25.8. The maximum absolute atomic E-state index is 13.7. The van der Waals surface area contributed by atoms with Crippen LogP contribution in [0.3, 0.4) is 0 Å². The van der Waals surface area contributed by atoms with Crippen molar-refractivity contribution in [1.82, 2.24) is 18.9 Å². The number of hydrogen-bond donors (Lipinski definition) is 0. The molecule has 0 aliphatic carbocycles. The summed E-state index contributed by atoms with van der Waals surface area (Å²) in [4.78, 5) is 29.5. The van der Waals surface area contributed by atoms with Gasteiger partial charge in [-0.1, -0.05) is 0 Å². The smallest absolute Gasteiger partial charge is 0.331 e. The Morgan fingerprint density at radius 3 is 1.48 bits per heavy atom. The Balaban J connectivity index is 0.941. The molecule has 2 saturated heterocycles. The van der Waals surface area contributed by atoms with Crippen LogP contribution in [-0.2, 0) is 32.2 Å². The number of aromatic nitrogens is 2. The van der Waals surface area contributed by atoms with E-state index in [1.807, 2.05) is 23.0 Å². The molecule has 4 heterocycles. The Kier molecular flexibility index (Phi) is 8.68. The van der Waals surface area contributed by atoms with Crippen molar-refractivity contribution in [1.29, 1.82) is 0 Å². The highest BCUT2D eigenvalue weighted by Crippen LogP contribution is 2.28. The van der Waals surface area contributed by atoms with E-state index in [1.165, 1.54) is 24.3 Å². The van der Waals surface area contributed by atoms with Crippen LogP contribution in [0.25, 0.3) is 21.8 Å². The van der Waals surface area contributed by atoms with Crippen LogP contribution >= 0.6 is 0 Å². The number of fused-ring (bicyclic) bond motifs is 2. The Bertz CT molecular complexity index is 1690. The molecule has 0 spiro atoms. The monoisotopic (exact) mass is 640 g/mol. The predicted molar refractivity (Wildman–Crippen MR) is 164 cm³/mol. The first kappa shape index (κ1) is 31.8. The van der Waals surface area contributed by atoms with Crippen molar-refractivity contribution in [2.45, 2.75) is 51.0 Å². The van der Waals surface area contributed by atoms with Gasteiger partial charge in [0.1, 0.15) is 11.2 Å². The number of carbonyl (C=O) groups is 2. The summed E-state index contributed by atoms with van der Waals surface area (Å²) in [5.41, 5.74) is -0.235. The van der Waals surface area contributed by atoms with Crippen molar-refractivity contribution in [3.05, 3.63) is 84.2 Å². The van der Waals surface area contributed by atoms with Crippen LogP contribution in [0.4, 0.5) is 17.6 Å². The standard InChI is InChI=1S/C34H36F4N4O4/c1-33(7-11-39(21-33)13-15-41-9-5-23-17-25(35)27(37)19-29(23)41)45-31(43)3-4-32(44)46-34(2)8-12-40(22-34)14-16-42-10-6-24-18-26(36)28(38)20-30(24)42/h3-6,9-10,17-20H,7-8,11-16,21-22H2,1-2H3/b4-3+. The van der Waals surface area contributed by atoms with Gasteiger partial charge >= 0.3 is 11.9 Å². The number of ether oxygens (including phenoxy) is 2. The summed E-state index contributed by atoms with van der Waals surface area (Å²) < 4.78 is 69.7. The zero-order valence-corrected chi connectivity index (χ0v) is 25.8. The molecular weight excluding hydrogens is 604 g/mol. The maximum atomic E-state index is 13.7. The van der Waals surface area contributed by atoms with Crippen molar-refractivity contribution in [2.75, 3.05) is 39.3 Å². The molecule has 2 aliphatic rings. The number of benzene rings is 2. The Labute approximate surface area is 263 Å². The van der Waals surface area contributed by atoms with E-state index in [4.69, 9.17) is 9.47 Å². The molecule has 0 N–H and O–H groups in total. The van der Waals surface area contributed by atoms with E-state index in [0.29, 0.717) is 87.0 Å². The summed E-state index contributed by atoms with van der Waals surface area (Å²) >= 11 is 0. The molecule has 2 unspecified atom stereocenters. The minimum atomic E-state index is -0.887. The topological polar surface area (TPSA) is 68.9 Å². The molecule has 2 aromatic carbocycles. The highest BCUT2D eigenvalue weighted by molar-refractivity contribution is 5.92. The SMILES string of the molecule is CC1(OC(=O)/C=C/C(=O)OC2(C)CCN(CCn3ccc4cc(F)c(F)cc43)C2)CCN(CCn2ccc3cc(F)c(F)cc32)C1. The molecule has 6 rings (SSSR count). The van der Waals surface area contributed by atoms with Gasteiger partial charge in [0.2, 0.25) is 0 Å².